The van der Waals surface area contributed by atoms with Gasteiger partial charge in [-0.05, 0) is 18.4 Å². The number of amides is 1. The Bertz CT molecular complexity index is 994. The second-order valence-electron chi connectivity index (χ2n) is 8.02. The molecule has 4 N–H and O–H groups in total. The van der Waals surface area contributed by atoms with Crippen LogP contribution in [0.1, 0.15) is 43.1 Å². The van der Waals surface area contributed by atoms with E-state index in [1.165, 1.54) is 12.1 Å². The molecule has 3 rings (SSSR count). The molecule has 0 saturated heterocycles. The topological polar surface area (TPSA) is 144 Å². The third-order valence-corrected chi connectivity index (χ3v) is 5.45. The molecule has 0 spiro atoms. The second-order valence-corrected chi connectivity index (χ2v) is 8.02. The quantitative estimate of drug-likeness (QED) is 0.316. The van der Waals surface area contributed by atoms with E-state index in [9.17, 15) is 31.9 Å². The predicted molar refractivity (Wildman–Crippen MR) is 105 cm³/mol. The molecule has 2 aromatic rings. The van der Waals surface area contributed by atoms with E-state index in [1.807, 2.05) is 0 Å². The first-order valence-corrected chi connectivity index (χ1v) is 10.2. The number of carbonyl (C=O) groups is 3. The van der Waals surface area contributed by atoms with E-state index in [0.717, 1.165) is 25.0 Å². The Kier molecular flexibility index (Phi) is 7.51. The van der Waals surface area contributed by atoms with Crippen LogP contribution in [0, 0.1) is 17.7 Å². The first-order chi connectivity index (χ1) is 15.6. The molecule has 1 aromatic carbocycles. The number of aromatic nitrogens is 4. The minimum Gasteiger partial charge on any atom is -0.363 e. The Balaban J connectivity index is 1.87. The molecule has 1 saturated carbocycles. The summed E-state index contributed by atoms with van der Waals surface area (Å²) in [5, 5.41) is 15.0. The fourth-order valence-electron chi connectivity index (χ4n) is 3.61. The zero-order valence-electron chi connectivity index (χ0n) is 17.3. The summed E-state index contributed by atoms with van der Waals surface area (Å²) in [4.78, 5) is 36.7. The van der Waals surface area contributed by atoms with Crippen molar-refractivity contribution in [2.75, 3.05) is 0 Å². The summed E-state index contributed by atoms with van der Waals surface area (Å²) in [5.41, 5.74) is 4.39. The van der Waals surface area contributed by atoms with Crippen LogP contribution in [-0.2, 0) is 20.8 Å². The number of tetrazole rings is 1. The summed E-state index contributed by atoms with van der Waals surface area (Å²) in [6.45, 7) is 0. The van der Waals surface area contributed by atoms with Crippen LogP contribution >= 0.6 is 0 Å². The Labute approximate surface area is 185 Å². The number of nitrogens with zero attached hydrogens (tertiary/aromatic N) is 3. The molecule has 3 atom stereocenters. The normalized spacial score (nSPS) is 16.7. The second kappa shape index (κ2) is 10.1. The van der Waals surface area contributed by atoms with Gasteiger partial charge in [0.2, 0.25) is 5.78 Å². The van der Waals surface area contributed by atoms with E-state index in [2.05, 4.69) is 25.9 Å². The van der Waals surface area contributed by atoms with Crippen molar-refractivity contribution in [1.29, 1.82) is 0 Å². The first kappa shape index (κ1) is 24.4. The van der Waals surface area contributed by atoms with Crippen molar-refractivity contribution in [3.05, 3.63) is 41.5 Å². The van der Waals surface area contributed by atoms with Crippen molar-refractivity contribution in [2.24, 2.45) is 17.6 Å². The van der Waals surface area contributed by atoms with Crippen molar-refractivity contribution in [1.82, 2.24) is 25.9 Å². The van der Waals surface area contributed by atoms with Gasteiger partial charge in [-0.15, -0.1) is 10.2 Å². The van der Waals surface area contributed by atoms with Gasteiger partial charge in [0.1, 0.15) is 11.9 Å². The van der Waals surface area contributed by atoms with E-state index < -0.39 is 65.9 Å². The Morgan fingerprint density at radius 1 is 1.21 bits per heavy atom. The Morgan fingerprint density at radius 2 is 1.91 bits per heavy atom. The fourth-order valence-corrected chi connectivity index (χ4v) is 3.61. The molecule has 1 aliphatic carbocycles. The van der Waals surface area contributed by atoms with Gasteiger partial charge >= 0.3 is 6.18 Å². The minimum absolute atomic E-state index is 0.0599. The molecule has 1 fully saturated rings. The zero-order valence-corrected chi connectivity index (χ0v) is 17.3. The number of halogens is 4. The van der Waals surface area contributed by atoms with Crippen LogP contribution in [0.5, 0.6) is 0 Å². The lowest BCUT2D eigenvalue weighted by Crippen LogP contribution is -2.47. The number of nitrogens with two attached hydrogens (primary N) is 1. The van der Waals surface area contributed by atoms with E-state index in [0.29, 0.717) is 0 Å². The molecule has 0 unspecified atom stereocenters. The van der Waals surface area contributed by atoms with Crippen LogP contribution in [0.25, 0.3) is 0 Å². The lowest BCUT2D eigenvalue weighted by molar-refractivity contribution is -0.161. The van der Waals surface area contributed by atoms with E-state index >= 15 is 0 Å². The molecule has 1 heterocycles. The van der Waals surface area contributed by atoms with Gasteiger partial charge < -0.3 is 5.73 Å². The molecule has 1 aliphatic rings. The summed E-state index contributed by atoms with van der Waals surface area (Å²) in [6, 6.07) is 0.258. The van der Waals surface area contributed by atoms with Gasteiger partial charge in [-0.2, -0.15) is 18.4 Å². The molecule has 9 nitrogen and oxygen atoms in total. The zero-order chi connectivity index (χ0) is 24.2. The summed E-state index contributed by atoms with van der Waals surface area (Å²) in [5.74, 6) is -5.01. The van der Waals surface area contributed by atoms with Crippen molar-refractivity contribution in [3.63, 3.8) is 0 Å². The average Bonchev–Trinajstić information content (AvgIpc) is 3.41. The number of benzene rings is 1. The third kappa shape index (κ3) is 6.63. The number of hydrogen-bond donors (Lipinski definition) is 3. The summed E-state index contributed by atoms with van der Waals surface area (Å²) in [6.07, 6.45) is -3.98. The Hall–Kier alpha value is -3.22. The van der Waals surface area contributed by atoms with Gasteiger partial charge in [-0.3, -0.25) is 19.7 Å². The highest BCUT2D eigenvalue weighted by atomic mass is 19.4. The predicted octanol–water partition coefficient (Wildman–Crippen LogP) is 1.57. The Morgan fingerprint density at radius 3 is 2.45 bits per heavy atom. The number of hydrogen-bond acceptors (Lipinski definition) is 7. The maximum absolute atomic E-state index is 14.2. The minimum atomic E-state index is -4.95. The summed E-state index contributed by atoms with van der Waals surface area (Å²) < 4.78 is 55.8. The standard InChI is InChI=1S/C20H22F4N6O3/c21-13-4-2-1-3-12(13)18(20(22,23)24)26-14(9-16-27-29-30-28-16)15(31)8-11(7-10-5-6-10)17(32)19(25)33/h1-4,10-11,14,18,26H,5-9H2,(H2,25,33)(H,27,28,29,30)/t11-,14+,18+/m1/s1. The molecule has 33 heavy (non-hydrogen) atoms. The van der Waals surface area contributed by atoms with E-state index in [4.69, 9.17) is 5.73 Å². The van der Waals surface area contributed by atoms with Crippen LogP contribution in [0.4, 0.5) is 17.6 Å². The molecule has 1 aromatic heterocycles. The maximum Gasteiger partial charge on any atom is 0.408 e. The number of alkyl halides is 3. The van der Waals surface area contributed by atoms with Gasteiger partial charge in [-0.1, -0.05) is 36.3 Å². The third-order valence-electron chi connectivity index (χ3n) is 5.45. The van der Waals surface area contributed by atoms with Crippen LogP contribution in [0.3, 0.4) is 0 Å². The molecule has 178 valence electrons. The average molecular weight is 470 g/mol. The van der Waals surface area contributed by atoms with Gasteiger partial charge in [0.15, 0.2) is 11.6 Å². The van der Waals surface area contributed by atoms with Crippen molar-refractivity contribution < 1.29 is 31.9 Å². The van der Waals surface area contributed by atoms with Gasteiger partial charge in [0, 0.05) is 24.3 Å². The highest BCUT2D eigenvalue weighted by molar-refractivity contribution is 6.36. The number of carbonyl (C=O) groups excluding carboxylic acids is 3. The number of aromatic amines is 1. The molecule has 0 radical (unpaired) electrons. The van der Waals surface area contributed by atoms with Crippen LogP contribution in [0.2, 0.25) is 0 Å². The number of Topliss-reactive ketones (excluding diaryl/α,β-unsaturated/α-hetero) is 2. The van der Waals surface area contributed by atoms with Crippen LogP contribution in [0.15, 0.2) is 24.3 Å². The highest BCUT2D eigenvalue weighted by Crippen LogP contribution is 2.37. The molecular formula is C20H22F4N6O3. The highest BCUT2D eigenvalue weighted by Gasteiger charge is 2.44. The molecule has 13 heteroatoms. The fraction of sp³-hybridized carbons (Fsp3) is 0.500. The number of ketones is 2. The van der Waals surface area contributed by atoms with E-state index in [1.54, 1.807) is 0 Å². The van der Waals surface area contributed by atoms with Crippen molar-refractivity contribution in [2.45, 2.75) is 50.4 Å². The molecular weight excluding hydrogens is 448 g/mol. The number of primary amides is 1. The lowest BCUT2D eigenvalue weighted by atomic mass is 9.88. The number of rotatable bonds is 12. The summed E-state index contributed by atoms with van der Waals surface area (Å²) in [7, 11) is 0. The monoisotopic (exact) mass is 470 g/mol. The SMILES string of the molecule is NC(=O)C(=O)[C@@H](CC(=O)[C@H](Cc1nn[nH]n1)N[C@@H](c1ccccc1F)C(F)(F)F)CC1CC1. The largest absolute Gasteiger partial charge is 0.408 e. The van der Waals surface area contributed by atoms with E-state index in [-0.39, 0.29) is 18.2 Å². The maximum atomic E-state index is 14.2. The van der Waals surface area contributed by atoms with Gasteiger partial charge in [0.25, 0.3) is 5.91 Å². The van der Waals surface area contributed by atoms with Crippen LogP contribution in [-0.4, -0.2) is 50.3 Å². The smallest absolute Gasteiger partial charge is 0.363 e. The number of nitrogens with one attached hydrogen (secondary N) is 2. The van der Waals surface area contributed by atoms with Gasteiger partial charge in [-0.25, -0.2) is 4.39 Å². The van der Waals surface area contributed by atoms with Crippen molar-refractivity contribution >= 4 is 17.5 Å². The van der Waals surface area contributed by atoms with Crippen LogP contribution < -0.4 is 11.1 Å². The summed E-state index contributed by atoms with van der Waals surface area (Å²) >= 11 is 0. The first-order valence-electron chi connectivity index (χ1n) is 10.2. The number of H-pyrrole nitrogens is 1. The molecule has 0 aliphatic heterocycles. The van der Waals surface area contributed by atoms with Crippen molar-refractivity contribution in [3.8, 4) is 0 Å². The molecule has 0 bridgehead atoms. The lowest BCUT2D eigenvalue weighted by Gasteiger charge is -2.27. The molecule has 1 amide bonds. The van der Waals surface area contributed by atoms with Gasteiger partial charge in [0.05, 0.1) is 6.04 Å².